The molecule has 2 aromatic rings. The highest BCUT2D eigenvalue weighted by molar-refractivity contribution is 6.30. The number of aromatic hydroxyl groups is 1. The lowest BCUT2D eigenvalue weighted by Gasteiger charge is -2.22. The minimum atomic E-state index is 0.267. The van der Waals surface area contributed by atoms with Gasteiger partial charge in [-0.15, -0.1) is 0 Å². The number of nitrogens with zero attached hydrogens (tertiary/aromatic N) is 2. The van der Waals surface area contributed by atoms with Gasteiger partial charge in [0, 0.05) is 12.1 Å². The van der Waals surface area contributed by atoms with Crippen LogP contribution in [0.3, 0.4) is 0 Å². The first-order chi connectivity index (χ1) is 8.65. The predicted molar refractivity (Wildman–Crippen MR) is 71.8 cm³/mol. The fourth-order valence-electron chi connectivity index (χ4n) is 2.51. The van der Waals surface area contributed by atoms with E-state index >= 15 is 0 Å². The maximum Gasteiger partial charge on any atom is 0.150 e. The normalized spacial score (nSPS) is 18.7. The summed E-state index contributed by atoms with van der Waals surface area (Å²) in [6, 6.07) is 7.11. The van der Waals surface area contributed by atoms with Crippen molar-refractivity contribution >= 4 is 11.6 Å². The van der Waals surface area contributed by atoms with Gasteiger partial charge in [-0.1, -0.05) is 18.5 Å². The second kappa shape index (κ2) is 4.32. The van der Waals surface area contributed by atoms with E-state index in [0.717, 1.165) is 30.0 Å². The van der Waals surface area contributed by atoms with Gasteiger partial charge in [-0.25, -0.2) is 4.98 Å². The monoisotopic (exact) mass is 262 g/mol. The van der Waals surface area contributed by atoms with E-state index in [4.69, 9.17) is 11.6 Å². The van der Waals surface area contributed by atoms with Crippen molar-refractivity contribution in [1.82, 2.24) is 9.55 Å². The van der Waals surface area contributed by atoms with Crippen molar-refractivity contribution in [2.75, 3.05) is 0 Å². The number of imidazole rings is 1. The van der Waals surface area contributed by atoms with E-state index in [2.05, 4.69) is 16.5 Å². The molecule has 0 spiro atoms. The van der Waals surface area contributed by atoms with Crippen LogP contribution in [0.4, 0.5) is 0 Å². The zero-order valence-electron chi connectivity index (χ0n) is 10.2. The Morgan fingerprint density at radius 1 is 1.33 bits per heavy atom. The van der Waals surface area contributed by atoms with Crippen LogP contribution in [0.1, 0.15) is 19.0 Å². The number of fused-ring (bicyclic) bond motifs is 1. The number of rotatable bonds is 1. The van der Waals surface area contributed by atoms with Gasteiger partial charge in [-0.2, -0.15) is 0 Å². The van der Waals surface area contributed by atoms with Crippen LogP contribution in [0.15, 0.2) is 24.3 Å². The smallest absolute Gasteiger partial charge is 0.150 e. The molecule has 1 aromatic carbocycles. The molecule has 18 heavy (non-hydrogen) atoms. The summed E-state index contributed by atoms with van der Waals surface area (Å²) in [4.78, 5) is 4.47. The molecule has 0 aliphatic carbocycles. The third-order valence-electron chi connectivity index (χ3n) is 3.52. The Morgan fingerprint density at radius 3 is 2.78 bits per heavy atom. The van der Waals surface area contributed by atoms with Crippen LogP contribution in [0.25, 0.3) is 11.4 Å². The number of hydrogen-bond donors (Lipinski definition) is 1. The summed E-state index contributed by atoms with van der Waals surface area (Å²) in [7, 11) is 0. The zero-order chi connectivity index (χ0) is 12.7. The molecular formula is C14H15ClN2O. The highest BCUT2D eigenvalue weighted by Gasteiger charge is 2.22. The Labute approximate surface area is 111 Å². The fraction of sp³-hybridized carbons (Fsp3) is 0.357. The van der Waals surface area contributed by atoms with Gasteiger partial charge in [-0.3, -0.25) is 0 Å². The largest absolute Gasteiger partial charge is 0.508 e. The molecule has 3 nitrogen and oxygen atoms in total. The molecule has 94 valence electrons. The minimum Gasteiger partial charge on any atom is -0.508 e. The van der Waals surface area contributed by atoms with Crippen LogP contribution in [-0.2, 0) is 13.0 Å². The molecule has 1 aliphatic rings. The number of halogens is 1. The van der Waals surface area contributed by atoms with Gasteiger partial charge in [-0.05, 0) is 43.0 Å². The first kappa shape index (κ1) is 11.6. The van der Waals surface area contributed by atoms with Crippen molar-refractivity contribution in [3.63, 3.8) is 0 Å². The number of phenols is 1. The van der Waals surface area contributed by atoms with E-state index in [1.54, 1.807) is 12.1 Å². The van der Waals surface area contributed by atoms with Crippen LogP contribution in [0.2, 0.25) is 5.15 Å². The van der Waals surface area contributed by atoms with E-state index in [9.17, 15) is 5.11 Å². The zero-order valence-corrected chi connectivity index (χ0v) is 11.0. The van der Waals surface area contributed by atoms with Crippen molar-refractivity contribution in [3.05, 3.63) is 35.1 Å². The van der Waals surface area contributed by atoms with E-state index < -0.39 is 0 Å². The van der Waals surface area contributed by atoms with E-state index in [0.29, 0.717) is 11.1 Å². The van der Waals surface area contributed by atoms with E-state index in [1.807, 2.05) is 12.1 Å². The van der Waals surface area contributed by atoms with Crippen molar-refractivity contribution in [3.8, 4) is 17.1 Å². The lowest BCUT2D eigenvalue weighted by molar-refractivity contribution is 0.402. The second-order valence-electron chi connectivity index (χ2n) is 4.97. The SMILES string of the molecule is CC1CCc2c(Cl)nc(-c3ccc(O)cc3)n2C1. The molecule has 0 radical (unpaired) electrons. The third-order valence-corrected chi connectivity index (χ3v) is 3.82. The van der Waals surface area contributed by atoms with Crippen LogP contribution in [0, 0.1) is 5.92 Å². The van der Waals surface area contributed by atoms with Crippen LogP contribution in [0.5, 0.6) is 5.75 Å². The summed E-state index contributed by atoms with van der Waals surface area (Å²) in [5, 5.41) is 9.95. The van der Waals surface area contributed by atoms with Crippen LogP contribution < -0.4 is 0 Å². The molecule has 1 aromatic heterocycles. The second-order valence-corrected chi connectivity index (χ2v) is 5.33. The summed E-state index contributed by atoms with van der Waals surface area (Å²) >= 11 is 6.21. The van der Waals surface area contributed by atoms with Gasteiger partial charge >= 0.3 is 0 Å². The summed E-state index contributed by atoms with van der Waals surface area (Å²) in [5.74, 6) is 1.82. The maximum absolute atomic E-state index is 9.34. The van der Waals surface area contributed by atoms with Crippen molar-refractivity contribution in [2.45, 2.75) is 26.3 Å². The lowest BCUT2D eigenvalue weighted by atomic mass is 10.00. The van der Waals surface area contributed by atoms with Gasteiger partial charge in [0.2, 0.25) is 0 Å². The van der Waals surface area contributed by atoms with Gasteiger partial charge < -0.3 is 9.67 Å². The number of phenolic OH excluding ortho intramolecular Hbond substituents is 1. The molecule has 1 N–H and O–H groups in total. The molecule has 1 atom stereocenters. The quantitative estimate of drug-likeness (QED) is 0.854. The first-order valence-electron chi connectivity index (χ1n) is 6.19. The molecule has 0 saturated heterocycles. The molecular weight excluding hydrogens is 248 g/mol. The Balaban J connectivity index is 2.10. The summed E-state index contributed by atoms with van der Waals surface area (Å²) in [6.07, 6.45) is 2.16. The summed E-state index contributed by atoms with van der Waals surface area (Å²) < 4.78 is 2.21. The highest BCUT2D eigenvalue weighted by atomic mass is 35.5. The average molecular weight is 263 g/mol. The molecule has 0 fully saturated rings. The van der Waals surface area contributed by atoms with E-state index in [-0.39, 0.29) is 5.75 Å². The minimum absolute atomic E-state index is 0.267. The summed E-state index contributed by atoms with van der Waals surface area (Å²) in [6.45, 7) is 3.21. The Hall–Kier alpha value is -1.48. The van der Waals surface area contributed by atoms with Crippen molar-refractivity contribution in [2.24, 2.45) is 5.92 Å². The molecule has 3 rings (SSSR count). The van der Waals surface area contributed by atoms with Crippen molar-refractivity contribution < 1.29 is 5.11 Å². The average Bonchev–Trinajstić information content (AvgIpc) is 2.67. The Morgan fingerprint density at radius 2 is 2.06 bits per heavy atom. The lowest BCUT2D eigenvalue weighted by Crippen LogP contribution is -2.18. The van der Waals surface area contributed by atoms with Crippen LogP contribution >= 0.6 is 11.6 Å². The topological polar surface area (TPSA) is 38.1 Å². The van der Waals surface area contributed by atoms with Crippen molar-refractivity contribution in [1.29, 1.82) is 0 Å². The number of hydrogen-bond acceptors (Lipinski definition) is 2. The molecule has 4 heteroatoms. The standard InChI is InChI=1S/C14H15ClN2O/c1-9-2-7-12-13(15)16-14(17(12)8-9)10-3-5-11(18)6-4-10/h3-6,9,18H,2,7-8H2,1H3. The van der Waals surface area contributed by atoms with Gasteiger partial charge in [0.25, 0.3) is 0 Å². The molecule has 1 unspecified atom stereocenters. The molecule has 1 aliphatic heterocycles. The molecule has 0 bridgehead atoms. The number of aromatic nitrogens is 2. The van der Waals surface area contributed by atoms with Crippen LogP contribution in [-0.4, -0.2) is 14.7 Å². The molecule has 0 saturated carbocycles. The fourth-order valence-corrected chi connectivity index (χ4v) is 2.79. The first-order valence-corrected chi connectivity index (χ1v) is 6.57. The van der Waals surface area contributed by atoms with Gasteiger partial charge in [0.15, 0.2) is 5.15 Å². The maximum atomic E-state index is 9.34. The van der Waals surface area contributed by atoms with E-state index in [1.165, 1.54) is 6.42 Å². The van der Waals surface area contributed by atoms with Gasteiger partial charge in [0.05, 0.1) is 5.69 Å². The third kappa shape index (κ3) is 1.89. The molecule has 2 heterocycles. The van der Waals surface area contributed by atoms with Gasteiger partial charge in [0.1, 0.15) is 11.6 Å². The molecule has 0 amide bonds. The number of benzene rings is 1. The summed E-state index contributed by atoms with van der Waals surface area (Å²) in [5.41, 5.74) is 2.13. The Kier molecular flexibility index (Phi) is 2.78. The Bertz CT molecular complexity index is 574. The highest BCUT2D eigenvalue weighted by Crippen LogP contribution is 2.32. The predicted octanol–water partition coefficient (Wildman–Crippen LogP) is 3.49.